The molecule has 0 atom stereocenters. The van der Waals surface area contributed by atoms with Gasteiger partial charge in [-0.3, -0.25) is 9.69 Å². The molecular formula is C18H21ClN2O2. The third-order valence-electron chi connectivity index (χ3n) is 3.47. The second-order valence-corrected chi connectivity index (χ2v) is 5.67. The average Bonchev–Trinajstić information content (AvgIpc) is 2.56. The van der Waals surface area contributed by atoms with Crippen molar-refractivity contribution in [3.8, 4) is 0 Å². The first-order valence-corrected chi connectivity index (χ1v) is 7.98. The molecular weight excluding hydrogens is 312 g/mol. The average molecular weight is 333 g/mol. The van der Waals surface area contributed by atoms with Gasteiger partial charge in [-0.2, -0.15) is 0 Å². The van der Waals surface area contributed by atoms with Gasteiger partial charge in [-0.1, -0.05) is 54.1 Å². The number of carbonyl (C=O) groups excluding carboxylic acids is 1. The first-order chi connectivity index (χ1) is 11.2. The summed E-state index contributed by atoms with van der Waals surface area (Å²) in [7, 11) is 0. The van der Waals surface area contributed by atoms with Crippen LogP contribution in [0, 0.1) is 0 Å². The van der Waals surface area contributed by atoms with Crippen molar-refractivity contribution in [2.24, 2.45) is 0 Å². The summed E-state index contributed by atoms with van der Waals surface area (Å²) < 4.78 is 0. The number of para-hydroxylation sites is 1. The molecule has 2 aromatic carbocycles. The number of anilines is 1. The summed E-state index contributed by atoms with van der Waals surface area (Å²) in [6.07, 6.45) is 0.345. The molecule has 2 N–H and O–H groups in total. The Morgan fingerprint density at radius 2 is 1.74 bits per heavy atom. The third-order valence-corrected chi connectivity index (χ3v) is 3.80. The van der Waals surface area contributed by atoms with Crippen LogP contribution in [0.5, 0.6) is 0 Å². The predicted octanol–water partition coefficient (Wildman–Crippen LogP) is 3.16. The fraction of sp³-hybridized carbons (Fsp3) is 0.278. The van der Waals surface area contributed by atoms with E-state index in [1.165, 1.54) is 0 Å². The number of nitrogens with one attached hydrogen (secondary N) is 1. The highest BCUT2D eigenvalue weighted by atomic mass is 35.5. The molecule has 5 heteroatoms. The summed E-state index contributed by atoms with van der Waals surface area (Å²) in [6.45, 7) is 1.89. The molecule has 23 heavy (non-hydrogen) atoms. The fourth-order valence-corrected chi connectivity index (χ4v) is 2.47. The Hall–Kier alpha value is -1.88. The maximum atomic E-state index is 12.1. The van der Waals surface area contributed by atoms with E-state index in [1.54, 1.807) is 12.1 Å². The van der Waals surface area contributed by atoms with E-state index in [9.17, 15) is 9.90 Å². The molecule has 0 radical (unpaired) electrons. The van der Waals surface area contributed by atoms with Crippen LogP contribution >= 0.6 is 11.6 Å². The van der Waals surface area contributed by atoms with E-state index in [-0.39, 0.29) is 12.5 Å². The number of halogens is 1. The highest BCUT2D eigenvalue weighted by Gasteiger charge is 2.10. The molecule has 0 spiro atoms. The molecule has 2 aromatic rings. The van der Waals surface area contributed by atoms with E-state index in [1.807, 2.05) is 42.5 Å². The second-order valence-electron chi connectivity index (χ2n) is 5.26. The molecule has 4 nitrogen and oxygen atoms in total. The van der Waals surface area contributed by atoms with Gasteiger partial charge in [0.2, 0.25) is 5.91 Å². The van der Waals surface area contributed by atoms with Gasteiger partial charge in [0.1, 0.15) is 0 Å². The molecule has 122 valence electrons. The number of hydrogen-bond donors (Lipinski definition) is 2. The minimum Gasteiger partial charge on any atom is -0.395 e. The van der Waals surface area contributed by atoms with Crippen LogP contribution in [0.3, 0.4) is 0 Å². The normalized spacial score (nSPS) is 10.7. The van der Waals surface area contributed by atoms with Crippen molar-refractivity contribution in [3.05, 3.63) is 65.2 Å². The zero-order valence-electron chi connectivity index (χ0n) is 12.9. The van der Waals surface area contributed by atoms with Gasteiger partial charge in [0, 0.05) is 26.1 Å². The quantitative estimate of drug-likeness (QED) is 0.780. The first-order valence-electron chi connectivity index (χ1n) is 7.60. The zero-order valence-corrected chi connectivity index (χ0v) is 13.7. The van der Waals surface area contributed by atoms with Gasteiger partial charge in [0.25, 0.3) is 0 Å². The lowest BCUT2D eigenvalue weighted by Gasteiger charge is -2.21. The zero-order chi connectivity index (χ0) is 16.5. The van der Waals surface area contributed by atoms with Gasteiger partial charge in [0.05, 0.1) is 17.3 Å². The van der Waals surface area contributed by atoms with E-state index in [4.69, 9.17) is 11.6 Å². The molecule has 0 unspecified atom stereocenters. The van der Waals surface area contributed by atoms with Crippen LogP contribution in [0.15, 0.2) is 54.6 Å². The molecule has 0 heterocycles. The van der Waals surface area contributed by atoms with Gasteiger partial charge in [-0.15, -0.1) is 0 Å². The van der Waals surface area contributed by atoms with Gasteiger partial charge in [-0.05, 0) is 17.7 Å². The molecule has 2 rings (SSSR count). The van der Waals surface area contributed by atoms with Crippen LogP contribution in [0.4, 0.5) is 5.69 Å². The maximum absolute atomic E-state index is 12.1. The number of rotatable bonds is 8. The largest absolute Gasteiger partial charge is 0.395 e. The minimum atomic E-state index is -0.0888. The van der Waals surface area contributed by atoms with Crippen LogP contribution in [-0.2, 0) is 11.3 Å². The molecule has 1 amide bonds. The maximum Gasteiger partial charge on any atom is 0.225 e. The highest BCUT2D eigenvalue weighted by molar-refractivity contribution is 6.33. The van der Waals surface area contributed by atoms with Gasteiger partial charge in [0.15, 0.2) is 0 Å². The number of carbonyl (C=O) groups is 1. The molecule has 0 aliphatic heterocycles. The van der Waals surface area contributed by atoms with Gasteiger partial charge in [-0.25, -0.2) is 0 Å². The summed E-state index contributed by atoms with van der Waals surface area (Å²) in [6, 6.07) is 17.2. The third kappa shape index (κ3) is 6.02. The Morgan fingerprint density at radius 1 is 1.04 bits per heavy atom. The minimum absolute atomic E-state index is 0.0684. The van der Waals surface area contributed by atoms with E-state index in [2.05, 4.69) is 10.2 Å². The predicted molar refractivity (Wildman–Crippen MR) is 93.5 cm³/mol. The van der Waals surface area contributed by atoms with Crippen molar-refractivity contribution in [1.29, 1.82) is 0 Å². The highest BCUT2D eigenvalue weighted by Crippen LogP contribution is 2.20. The fourth-order valence-electron chi connectivity index (χ4n) is 2.29. The molecule has 0 saturated carbocycles. The van der Waals surface area contributed by atoms with E-state index < -0.39 is 0 Å². The Kier molecular flexibility index (Phi) is 7.07. The summed E-state index contributed by atoms with van der Waals surface area (Å²) in [5.74, 6) is -0.0888. The summed E-state index contributed by atoms with van der Waals surface area (Å²) in [5, 5.41) is 12.5. The Labute approximate surface area is 141 Å². The summed E-state index contributed by atoms with van der Waals surface area (Å²) in [5.41, 5.74) is 1.78. The molecule has 0 aliphatic carbocycles. The van der Waals surface area contributed by atoms with Crippen molar-refractivity contribution in [2.45, 2.75) is 13.0 Å². The Balaban J connectivity index is 1.85. The molecule has 0 bridgehead atoms. The Bertz CT molecular complexity index is 619. The number of aliphatic hydroxyl groups excluding tert-OH is 1. The summed E-state index contributed by atoms with van der Waals surface area (Å²) in [4.78, 5) is 14.1. The lowest BCUT2D eigenvalue weighted by molar-refractivity contribution is -0.116. The van der Waals surface area contributed by atoms with E-state index >= 15 is 0 Å². The van der Waals surface area contributed by atoms with Crippen LogP contribution in [0.1, 0.15) is 12.0 Å². The lowest BCUT2D eigenvalue weighted by atomic mass is 10.2. The molecule has 0 aliphatic rings. The van der Waals surface area contributed by atoms with Crippen molar-refractivity contribution in [1.82, 2.24) is 4.90 Å². The molecule has 0 aromatic heterocycles. The second kappa shape index (κ2) is 9.30. The van der Waals surface area contributed by atoms with E-state index in [0.29, 0.717) is 36.8 Å². The van der Waals surface area contributed by atoms with Crippen molar-refractivity contribution < 1.29 is 9.90 Å². The SMILES string of the molecule is O=C(CCN(CCO)Cc1ccccc1)Nc1ccccc1Cl. The van der Waals surface area contributed by atoms with Crippen molar-refractivity contribution in [3.63, 3.8) is 0 Å². The van der Waals surface area contributed by atoms with Gasteiger partial charge >= 0.3 is 0 Å². The number of amides is 1. The van der Waals surface area contributed by atoms with Crippen LogP contribution < -0.4 is 5.32 Å². The summed E-state index contributed by atoms with van der Waals surface area (Å²) >= 11 is 6.03. The Morgan fingerprint density at radius 3 is 2.43 bits per heavy atom. The number of hydrogen-bond acceptors (Lipinski definition) is 3. The topological polar surface area (TPSA) is 52.6 Å². The van der Waals surface area contributed by atoms with Crippen molar-refractivity contribution >= 4 is 23.2 Å². The number of benzene rings is 2. The number of nitrogens with zero attached hydrogens (tertiary/aromatic N) is 1. The molecule has 0 fully saturated rings. The smallest absolute Gasteiger partial charge is 0.225 e. The van der Waals surface area contributed by atoms with Crippen LogP contribution in [0.25, 0.3) is 0 Å². The lowest BCUT2D eigenvalue weighted by Crippen LogP contribution is -2.30. The van der Waals surface area contributed by atoms with E-state index in [0.717, 1.165) is 5.56 Å². The van der Waals surface area contributed by atoms with Gasteiger partial charge < -0.3 is 10.4 Å². The van der Waals surface area contributed by atoms with Crippen LogP contribution in [0.2, 0.25) is 5.02 Å². The molecule has 0 saturated heterocycles. The van der Waals surface area contributed by atoms with Crippen LogP contribution in [-0.4, -0.2) is 35.6 Å². The van der Waals surface area contributed by atoms with Crippen molar-refractivity contribution in [2.75, 3.05) is 25.0 Å². The first kappa shape index (κ1) is 17.5. The monoisotopic (exact) mass is 332 g/mol. The standard InChI is InChI=1S/C18H21ClN2O2/c19-16-8-4-5-9-17(16)20-18(23)10-11-21(12-13-22)14-15-6-2-1-3-7-15/h1-9,22H,10-14H2,(H,20,23). The number of aliphatic hydroxyl groups is 1.